The Morgan fingerprint density at radius 1 is 1.07 bits per heavy atom. The summed E-state index contributed by atoms with van der Waals surface area (Å²) in [7, 11) is -3.83. The zero-order valence-corrected chi connectivity index (χ0v) is 18.0. The first kappa shape index (κ1) is 22.2. The largest absolute Gasteiger partial charge is 0.416 e. The normalized spacial score (nSPS) is 13.4. The van der Waals surface area contributed by atoms with Gasteiger partial charge in [0.25, 0.3) is 0 Å². The van der Waals surface area contributed by atoms with Crippen LogP contribution in [0.1, 0.15) is 35.8 Å². The summed E-state index contributed by atoms with van der Waals surface area (Å²) in [5.41, 5.74) is 1.31. The molecule has 0 fully saturated rings. The van der Waals surface area contributed by atoms with E-state index in [4.69, 9.17) is 5.26 Å². The number of aromatic nitrogens is 1. The van der Waals surface area contributed by atoms with Crippen LogP contribution in [0.4, 0.5) is 13.2 Å². The fourth-order valence-electron chi connectivity index (χ4n) is 3.48. The molecule has 1 aromatic heterocycles. The van der Waals surface area contributed by atoms with E-state index in [1.54, 1.807) is 36.0 Å². The van der Waals surface area contributed by atoms with Gasteiger partial charge in [0.1, 0.15) is 0 Å². The topological polar surface area (TPSA) is 53.8 Å². The summed E-state index contributed by atoms with van der Waals surface area (Å²) in [6.07, 6.45) is -1.39. The number of alkyl halides is 3. The van der Waals surface area contributed by atoms with Crippen molar-refractivity contribution in [3.8, 4) is 6.07 Å². The Kier molecular flexibility index (Phi) is 6.16. The SMILES string of the molecule is CCCCS(=O)(Cc1cncs1)(c1ccc(C#N)cc1)c1ccc(C(F)(F)F)cc1. The van der Waals surface area contributed by atoms with Crippen molar-refractivity contribution in [2.24, 2.45) is 0 Å². The standard InChI is InChI=1S/C22H21F3N2OS2/c1-2-3-12-30(28,15-19-14-27-16-29-19,20-8-4-17(13-26)5-9-20)21-10-6-18(7-11-21)22(23,24)25/h4-11,14,16H,2-3,12,15H2,1H3. The van der Waals surface area contributed by atoms with Crippen LogP contribution in [-0.2, 0) is 21.0 Å². The van der Waals surface area contributed by atoms with Crippen molar-refractivity contribution in [1.29, 1.82) is 5.26 Å². The number of unbranched alkanes of at least 4 members (excludes halogenated alkanes) is 1. The van der Waals surface area contributed by atoms with Crippen molar-refractivity contribution in [2.45, 2.75) is 41.5 Å². The average molecular weight is 451 g/mol. The molecule has 3 rings (SSSR count). The van der Waals surface area contributed by atoms with Crippen molar-refractivity contribution in [2.75, 3.05) is 5.75 Å². The summed E-state index contributed by atoms with van der Waals surface area (Å²) in [4.78, 5) is 5.80. The van der Waals surface area contributed by atoms with Gasteiger partial charge in [-0.15, -0.1) is 11.3 Å². The number of rotatable bonds is 7. The summed E-state index contributed by atoms with van der Waals surface area (Å²) in [6, 6.07) is 13.3. The highest BCUT2D eigenvalue weighted by atomic mass is 32.3. The number of hydrogen-bond acceptors (Lipinski definition) is 4. The van der Waals surface area contributed by atoms with Crippen molar-refractivity contribution in [1.82, 2.24) is 4.98 Å². The highest BCUT2D eigenvalue weighted by Crippen LogP contribution is 2.48. The van der Waals surface area contributed by atoms with Crippen molar-refractivity contribution in [3.05, 3.63) is 76.2 Å². The molecule has 3 aromatic rings. The second kappa shape index (κ2) is 8.32. The van der Waals surface area contributed by atoms with Crippen molar-refractivity contribution >= 4 is 20.4 Å². The lowest BCUT2D eigenvalue weighted by atomic mass is 10.2. The van der Waals surface area contributed by atoms with E-state index in [1.807, 2.05) is 13.0 Å². The molecule has 0 aliphatic rings. The van der Waals surface area contributed by atoms with Crippen LogP contribution in [0.5, 0.6) is 0 Å². The van der Waals surface area contributed by atoms with Crippen molar-refractivity contribution in [3.63, 3.8) is 0 Å². The molecule has 0 amide bonds. The second-order valence-electron chi connectivity index (χ2n) is 7.11. The highest BCUT2D eigenvalue weighted by molar-refractivity contribution is 8.19. The van der Waals surface area contributed by atoms with E-state index in [-0.39, 0.29) is 5.75 Å². The van der Waals surface area contributed by atoms with Gasteiger partial charge in [-0.05, 0) is 64.0 Å². The first-order valence-corrected chi connectivity index (χ1v) is 12.6. The van der Waals surface area contributed by atoms with Gasteiger partial charge in [-0.1, -0.05) is 13.3 Å². The van der Waals surface area contributed by atoms with Crippen LogP contribution < -0.4 is 0 Å². The van der Waals surface area contributed by atoms with Gasteiger partial charge >= 0.3 is 6.18 Å². The maximum atomic E-state index is 15.2. The van der Waals surface area contributed by atoms with Gasteiger partial charge in [0, 0.05) is 32.4 Å². The number of hydrogen-bond donors (Lipinski definition) is 0. The molecule has 1 heterocycles. The molecule has 8 heteroatoms. The van der Waals surface area contributed by atoms with Crippen LogP contribution in [0.3, 0.4) is 0 Å². The Morgan fingerprint density at radius 3 is 2.13 bits per heavy atom. The Bertz CT molecular complexity index is 1100. The van der Waals surface area contributed by atoms with Gasteiger partial charge in [0.15, 0.2) is 0 Å². The second-order valence-corrected chi connectivity index (χ2v) is 12.3. The monoisotopic (exact) mass is 450 g/mol. The van der Waals surface area contributed by atoms with Crippen LogP contribution in [0.25, 0.3) is 0 Å². The van der Waals surface area contributed by atoms with Gasteiger partial charge in [-0.25, -0.2) is 0 Å². The smallest absolute Gasteiger partial charge is 0.273 e. The molecule has 0 bridgehead atoms. The molecule has 0 aliphatic carbocycles. The predicted molar refractivity (Wildman–Crippen MR) is 113 cm³/mol. The zero-order chi connectivity index (χ0) is 21.9. The van der Waals surface area contributed by atoms with E-state index in [1.165, 1.54) is 23.5 Å². The Morgan fingerprint density at radius 2 is 1.67 bits per heavy atom. The van der Waals surface area contributed by atoms with E-state index < -0.39 is 20.8 Å². The molecule has 0 unspecified atom stereocenters. The van der Waals surface area contributed by atoms with Crippen LogP contribution >= 0.6 is 11.3 Å². The molecule has 0 radical (unpaired) electrons. The number of benzene rings is 2. The average Bonchev–Trinajstić information content (AvgIpc) is 3.24. The number of nitriles is 1. The fourth-order valence-corrected chi connectivity index (χ4v) is 9.21. The molecule has 0 atom stereocenters. The molecule has 3 nitrogen and oxygen atoms in total. The molecule has 0 spiro atoms. The molecule has 30 heavy (non-hydrogen) atoms. The predicted octanol–water partition coefficient (Wildman–Crippen LogP) is 6.27. The number of nitrogens with zero attached hydrogens (tertiary/aromatic N) is 2. The minimum Gasteiger partial charge on any atom is -0.273 e. The Labute approximate surface area is 177 Å². The summed E-state index contributed by atoms with van der Waals surface area (Å²) >= 11 is 1.37. The Hall–Kier alpha value is -2.50. The first-order chi connectivity index (χ1) is 14.2. The molecular formula is C22H21F3N2OS2. The molecule has 2 aromatic carbocycles. The maximum Gasteiger partial charge on any atom is 0.416 e. The molecule has 158 valence electrons. The molecule has 0 N–H and O–H groups in total. The van der Waals surface area contributed by atoms with E-state index in [9.17, 15) is 13.2 Å². The van der Waals surface area contributed by atoms with Crippen molar-refractivity contribution < 1.29 is 17.4 Å². The van der Waals surface area contributed by atoms with E-state index in [2.05, 4.69) is 4.98 Å². The quantitative estimate of drug-likeness (QED) is 0.426. The zero-order valence-electron chi connectivity index (χ0n) is 16.4. The molecule has 0 saturated heterocycles. The van der Waals surface area contributed by atoms with E-state index in [0.29, 0.717) is 27.5 Å². The van der Waals surface area contributed by atoms with Gasteiger partial charge in [-0.2, -0.15) is 18.4 Å². The minimum atomic E-state index is -4.47. The van der Waals surface area contributed by atoms with Gasteiger partial charge in [0.2, 0.25) is 0 Å². The molecule has 0 aliphatic heterocycles. The summed E-state index contributed by atoms with van der Waals surface area (Å²) in [6.45, 7) is 1.98. The van der Waals surface area contributed by atoms with Gasteiger partial charge in [-0.3, -0.25) is 9.19 Å². The van der Waals surface area contributed by atoms with Gasteiger partial charge < -0.3 is 0 Å². The third-order valence-electron chi connectivity index (χ3n) is 5.12. The number of thiazole rings is 1. The van der Waals surface area contributed by atoms with E-state index >= 15 is 4.21 Å². The third kappa shape index (κ3) is 4.18. The highest BCUT2D eigenvalue weighted by Gasteiger charge is 2.42. The summed E-state index contributed by atoms with van der Waals surface area (Å²) < 4.78 is 54.5. The lowest BCUT2D eigenvalue weighted by molar-refractivity contribution is -0.137. The van der Waals surface area contributed by atoms with Crippen LogP contribution in [0, 0.1) is 11.3 Å². The lowest BCUT2D eigenvalue weighted by Crippen LogP contribution is -2.39. The first-order valence-electron chi connectivity index (χ1n) is 9.39. The van der Waals surface area contributed by atoms with Crippen LogP contribution in [0.2, 0.25) is 0 Å². The van der Waals surface area contributed by atoms with Crippen LogP contribution in [0.15, 0.2) is 70.0 Å². The molecule has 0 saturated carbocycles. The fraction of sp³-hybridized carbons (Fsp3) is 0.273. The van der Waals surface area contributed by atoms with E-state index in [0.717, 1.165) is 23.4 Å². The third-order valence-corrected chi connectivity index (χ3v) is 10.9. The minimum absolute atomic E-state index is 0.166. The Balaban J connectivity index is 2.26. The maximum absolute atomic E-state index is 15.2. The van der Waals surface area contributed by atoms with Gasteiger partial charge in [0.05, 0.1) is 22.7 Å². The number of halogens is 3. The van der Waals surface area contributed by atoms with Crippen LogP contribution in [-0.4, -0.2) is 14.9 Å². The summed E-state index contributed by atoms with van der Waals surface area (Å²) in [5, 5.41) is 9.14. The summed E-state index contributed by atoms with van der Waals surface area (Å²) in [5.74, 6) is 0.474. The molecular weight excluding hydrogens is 429 g/mol. The lowest BCUT2D eigenvalue weighted by Gasteiger charge is -2.43.